The van der Waals surface area contributed by atoms with Gasteiger partial charge in [0.2, 0.25) is 5.95 Å². The molecule has 0 spiro atoms. The summed E-state index contributed by atoms with van der Waals surface area (Å²) in [4.78, 5) is 11.0. The number of nitrogens with zero attached hydrogens (tertiary/aromatic N) is 3. The minimum Gasteiger partial charge on any atom is -0.450 e. The van der Waals surface area contributed by atoms with Crippen LogP contribution in [0.1, 0.15) is 6.42 Å². The SMILES string of the molecule is Nc1nc(N2CC3CC2CN3)c2oc3ccc(Cl)c(Cl)c3c2n1. The summed E-state index contributed by atoms with van der Waals surface area (Å²) in [5.41, 5.74) is 7.82. The zero-order valence-corrected chi connectivity index (χ0v) is 13.5. The molecule has 2 aliphatic rings. The Morgan fingerprint density at radius 2 is 2.17 bits per heavy atom. The van der Waals surface area contributed by atoms with Crippen LogP contribution in [0.5, 0.6) is 0 Å². The number of rotatable bonds is 1. The van der Waals surface area contributed by atoms with Crippen molar-refractivity contribution < 1.29 is 4.42 Å². The van der Waals surface area contributed by atoms with E-state index in [0.29, 0.717) is 44.2 Å². The van der Waals surface area contributed by atoms with Crippen molar-refractivity contribution in [1.82, 2.24) is 15.3 Å². The lowest BCUT2D eigenvalue weighted by Gasteiger charge is -2.28. The molecule has 6 nitrogen and oxygen atoms in total. The molecule has 0 saturated carbocycles. The van der Waals surface area contributed by atoms with E-state index in [1.165, 1.54) is 0 Å². The molecule has 3 aromatic rings. The summed E-state index contributed by atoms with van der Waals surface area (Å²) in [5.74, 6) is 0.951. The number of hydrogen-bond acceptors (Lipinski definition) is 6. The minimum absolute atomic E-state index is 0.210. The molecule has 23 heavy (non-hydrogen) atoms. The van der Waals surface area contributed by atoms with E-state index in [9.17, 15) is 0 Å². The number of fused-ring (bicyclic) bond motifs is 5. The highest BCUT2D eigenvalue weighted by Crippen LogP contribution is 2.41. The molecule has 0 amide bonds. The molecule has 8 heteroatoms. The zero-order valence-electron chi connectivity index (χ0n) is 12.0. The number of nitrogens with two attached hydrogens (primary N) is 1. The number of hydrogen-bond donors (Lipinski definition) is 2. The number of aromatic nitrogens is 2. The van der Waals surface area contributed by atoms with Crippen molar-refractivity contribution in [2.75, 3.05) is 23.7 Å². The molecular formula is C15H13Cl2N5O. The van der Waals surface area contributed by atoms with Gasteiger partial charge in [-0.3, -0.25) is 0 Å². The van der Waals surface area contributed by atoms with Gasteiger partial charge >= 0.3 is 0 Å². The van der Waals surface area contributed by atoms with Gasteiger partial charge in [0, 0.05) is 25.2 Å². The summed E-state index contributed by atoms with van der Waals surface area (Å²) in [6.07, 6.45) is 1.11. The monoisotopic (exact) mass is 349 g/mol. The summed E-state index contributed by atoms with van der Waals surface area (Å²) >= 11 is 12.5. The Bertz CT molecular complexity index is 956. The summed E-state index contributed by atoms with van der Waals surface area (Å²) in [5, 5.41) is 5.05. The number of benzene rings is 1. The Balaban J connectivity index is 1.82. The van der Waals surface area contributed by atoms with E-state index in [-0.39, 0.29) is 5.95 Å². The summed E-state index contributed by atoms with van der Waals surface area (Å²) in [6.45, 7) is 1.84. The third-order valence-electron chi connectivity index (χ3n) is 4.70. The molecule has 4 heterocycles. The Labute approximate surface area is 141 Å². The van der Waals surface area contributed by atoms with E-state index in [1.807, 2.05) is 0 Å². The largest absolute Gasteiger partial charge is 0.450 e. The lowest BCUT2D eigenvalue weighted by atomic mass is 10.2. The maximum absolute atomic E-state index is 6.36. The Kier molecular flexibility index (Phi) is 2.75. The third kappa shape index (κ3) is 1.86. The van der Waals surface area contributed by atoms with Crippen LogP contribution < -0.4 is 16.0 Å². The van der Waals surface area contributed by atoms with Crippen molar-refractivity contribution >= 4 is 57.0 Å². The molecule has 1 aromatic carbocycles. The van der Waals surface area contributed by atoms with E-state index in [0.717, 1.165) is 25.3 Å². The summed E-state index contributed by atoms with van der Waals surface area (Å²) in [6, 6.07) is 4.41. The third-order valence-corrected chi connectivity index (χ3v) is 5.50. The number of furan rings is 1. The summed E-state index contributed by atoms with van der Waals surface area (Å²) < 4.78 is 6.01. The highest BCUT2D eigenvalue weighted by Gasteiger charge is 2.39. The number of piperazine rings is 1. The van der Waals surface area contributed by atoms with Crippen LogP contribution in [-0.4, -0.2) is 35.1 Å². The van der Waals surface area contributed by atoms with Gasteiger partial charge in [0.15, 0.2) is 11.4 Å². The van der Waals surface area contributed by atoms with Crippen LogP contribution in [0, 0.1) is 0 Å². The molecule has 0 radical (unpaired) electrons. The number of anilines is 2. The molecule has 2 aliphatic heterocycles. The van der Waals surface area contributed by atoms with Crippen molar-refractivity contribution in [1.29, 1.82) is 0 Å². The lowest BCUT2D eigenvalue weighted by molar-refractivity contribution is 0.572. The van der Waals surface area contributed by atoms with Crippen LogP contribution in [0.2, 0.25) is 10.0 Å². The molecule has 5 rings (SSSR count). The molecule has 2 saturated heterocycles. The van der Waals surface area contributed by atoms with Crippen molar-refractivity contribution in [3.05, 3.63) is 22.2 Å². The predicted octanol–water partition coefficient (Wildman–Crippen LogP) is 2.82. The molecular weight excluding hydrogens is 337 g/mol. The van der Waals surface area contributed by atoms with Crippen molar-refractivity contribution in [3.63, 3.8) is 0 Å². The van der Waals surface area contributed by atoms with Crippen molar-refractivity contribution in [2.45, 2.75) is 18.5 Å². The second kappa shape index (κ2) is 4.63. The van der Waals surface area contributed by atoms with Gasteiger partial charge in [-0.2, -0.15) is 4.98 Å². The van der Waals surface area contributed by atoms with Gasteiger partial charge in [-0.25, -0.2) is 4.98 Å². The maximum Gasteiger partial charge on any atom is 0.222 e. The first-order valence-corrected chi connectivity index (χ1v) is 8.21. The van der Waals surface area contributed by atoms with Gasteiger partial charge in [-0.1, -0.05) is 23.2 Å². The number of nitrogens with one attached hydrogen (secondary N) is 1. The van der Waals surface area contributed by atoms with Gasteiger partial charge in [0.05, 0.1) is 15.4 Å². The average molecular weight is 350 g/mol. The van der Waals surface area contributed by atoms with E-state index in [1.54, 1.807) is 12.1 Å². The fourth-order valence-corrected chi connectivity index (χ4v) is 4.09. The average Bonchev–Trinajstić information content (AvgIpc) is 3.23. The maximum atomic E-state index is 6.36. The summed E-state index contributed by atoms with van der Waals surface area (Å²) in [7, 11) is 0. The van der Waals surface area contributed by atoms with Crippen LogP contribution in [0.15, 0.2) is 16.5 Å². The van der Waals surface area contributed by atoms with Gasteiger partial charge in [0.1, 0.15) is 11.1 Å². The Morgan fingerprint density at radius 3 is 2.91 bits per heavy atom. The number of halogens is 2. The van der Waals surface area contributed by atoms with Crippen molar-refractivity contribution in [3.8, 4) is 0 Å². The zero-order chi connectivity index (χ0) is 15.7. The second-order valence-corrected chi connectivity index (χ2v) is 6.85. The standard InChI is InChI=1S/C15H13Cl2N5O/c16-8-1-2-9-10(11(8)17)12-13(23-9)14(21-15(18)20-12)22-5-6-3-7(22)4-19-6/h1-2,6-7,19H,3-5H2,(H2,18,20,21). The van der Waals surface area contributed by atoms with Gasteiger partial charge in [-0.05, 0) is 18.6 Å². The highest BCUT2D eigenvalue weighted by atomic mass is 35.5. The normalized spacial score (nSPS) is 23.5. The van der Waals surface area contributed by atoms with Gasteiger partial charge in [0.25, 0.3) is 0 Å². The fraction of sp³-hybridized carbons (Fsp3) is 0.333. The van der Waals surface area contributed by atoms with Crippen molar-refractivity contribution in [2.24, 2.45) is 0 Å². The quantitative estimate of drug-likeness (QED) is 0.703. The van der Waals surface area contributed by atoms with Crippen LogP contribution >= 0.6 is 23.2 Å². The fourth-order valence-electron chi connectivity index (χ4n) is 3.68. The molecule has 2 bridgehead atoms. The first-order valence-electron chi connectivity index (χ1n) is 7.45. The molecule has 2 fully saturated rings. The van der Waals surface area contributed by atoms with Crippen LogP contribution in [-0.2, 0) is 0 Å². The van der Waals surface area contributed by atoms with E-state index < -0.39 is 0 Å². The molecule has 2 atom stereocenters. The molecule has 118 valence electrons. The Morgan fingerprint density at radius 1 is 1.30 bits per heavy atom. The molecule has 2 unspecified atom stereocenters. The van der Waals surface area contributed by atoms with E-state index >= 15 is 0 Å². The molecule has 0 aliphatic carbocycles. The van der Waals surface area contributed by atoms with Gasteiger partial charge < -0.3 is 20.4 Å². The van der Waals surface area contributed by atoms with E-state index in [2.05, 4.69) is 20.2 Å². The van der Waals surface area contributed by atoms with Crippen LogP contribution in [0.3, 0.4) is 0 Å². The Hall–Kier alpha value is -1.76. The first kappa shape index (κ1) is 13.7. The second-order valence-electron chi connectivity index (χ2n) is 6.07. The minimum atomic E-state index is 0.210. The van der Waals surface area contributed by atoms with Crippen LogP contribution in [0.4, 0.5) is 11.8 Å². The lowest BCUT2D eigenvalue weighted by Crippen LogP contribution is -2.44. The highest BCUT2D eigenvalue weighted by molar-refractivity contribution is 6.46. The topological polar surface area (TPSA) is 80.2 Å². The van der Waals surface area contributed by atoms with E-state index in [4.69, 9.17) is 33.4 Å². The number of nitrogen functional groups attached to an aromatic ring is 1. The van der Waals surface area contributed by atoms with Gasteiger partial charge in [-0.15, -0.1) is 0 Å². The first-order chi connectivity index (χ1) is 11.1. The smallest absolute Gasteiger partial charge is 0.222 e. The molecule has 2 aromatic heterocycles. The predicted molar refractivity (Wildman–Crippen MR) is 91.3 cm³/mol. The van der Waals surface area contributed by atoms with Crippen LogP contribution in [0.25, 0.3) is 22.1 Å². The molecule has 3 N–H and O–H groups in total.